The molecule has 3 rings (SSSR count). The molecule has 0 aliphatic heterocycles. The molecule has 5 heteroatoms. The van der Waals surface area contributed by atoms with E-state index in [1.54, 1.807) is 53.8 Å². The lowest BCUT2D eigenvalue weighted by molar-refractivity contribution is 0.0567. The number of benzene rings is 1. The molecule has 1 unspecified atom stereocenters. The fourth-order valence-electron chi connectivity index (χ4n) is 2.30. The Morgan fingerprint density at radius 1 is 1.10 bits per heavy atom. The van der Waals surface area contributed by atoms with Crippen molar-refractivity contribution in [2.45, 2.75) is 12.1 Å². The van der Waals surface area contributed by atoms with E-state index in [9.17, 15) is 9.50 Å². The normalized spacial score (nSPS) is 13.8. The summed E-state index contributed by atoms with van der Waals surface area (Å²) in [6, 6.07) is 11.1. The molecule has 106 valence electrons. The minimum Gasteiger partial charge on any atom is -0.377 e. The molecule has 0 saturated carbocycles. The third-order valence-corrected chi connectivity index (χ3v) is 3.38. The van der Waals surface area contributed by atoms with Crippen LogP contribution in [0.2, 0.25) is 0 Å². The summed E-state index contributed by atoms with van der Waals surface area (Å²) in [6.45, 7) is 0.246. The summed E-state index contributed by atoms with van der Waals surface area (Å²) in [5, 5.41) is 11.2. The van der Waals surface area contributed by atoms with Crippen LogP contribution in [-0.2, 0) is 12.1 Å². The zero-order valence-electron chi connectivity index (χ0n) is 11.2. The van der Waals surface area contributed by atoms with Crippen molar-refractivity contribution in [2.75, 3.05) is 0 Å². The molecule has 0 bridgehead atoms. The lowest BCUT2D eigenvalue weighted by atomic mass is 9.89. The Kier molecular flexibility index (Phi) is 3.50. The Morgan fingerprint density at radius 2 is 1.90 bits per heavy atom. The van der Waals surface area contributed by atoms with Crippen molar-refractivity contribution in [3.63, 3.8) is 0 Å². The van der Waals surface area contributed by atoms with E-state index in [1.165, 1.54) is 12.1 Å². The molecule has 0 aliphatic carbocycles. The second-order valence-electron chi connectivity index (χ2n) is 4.82. The molecule has 1 aromatic carbocycles. The summed E-state index contributed by atoms with van der Waals surface area (Å²) in [7, 11) is 0. The SMILES string of the molecule is OC(Cn1ccnc1)(c1ccc(F)cc1)c1ccccn1. The van der Waals surface area contributed by atoms with E-state index in [1.807, 2.05) is 6.07 Å². The molecule has 0 saturated heterocycles. The highest BCUT2D eigenvalue weighted by molar-refractivity contribution is 5.32. The number of aromatic nitrogens is 3. The minimum absolute atomic E-state index is 0.246. The van der Waals surface area contributed by atoms with Gasteiger partial charge in [-0.15, -0.1) is 0 Å². The molecule has 2 heterocycles. The zero-order valence-corrected chi connectivity index (χ0v) is 11.2. The molecular formula is C16H14FN3O. The second kappa shape index (κ2) is 5.46. The number of rotatable bonds is 4. The smallest absolute Gasteiger partial charge is 0.149 e. The number of halogens is 1. The Bertz CT molecular complexity index is 698. The van der Waals surface area contributed by atoms with Crippen molar-refractivity contribution in [1.29, 1.82) is 0 Å². The van der Waals surface area contributed by atoms with Crippen molar-refractivity contribution < 1.29 is 9.50 Å². The predicted octanol–water partition coefficient (Wildman–Crippen LogP) is 2.35. The van der Waals surface area contributed by atoms with Crippen LogP contribution in [0.3, 0.4) is 0 Å². The lowest BCUT2D eigenvalue weighted by Crippen LogP contribution is -2.33. The molecule has 0 spiro atoms. The van der Waals surface area contributed by atoms with Gasteiger partial charge in [-0.05, 0) is 29.8 Å². The molecule has 0 aliphatic rings. The lowest BCUT2D eigenvalue weighted by Gasteiger charge is -2.28. The quantitative estimate of drug-likeness (QED) is 0.799. The first-order chi connectivity index (χ1) is 10.2. The molecule has 0 fully saturated rings. The largest absolute Gasteiger partial charge is 0.377 e. The molecule has 4 nitrogen and oxygen atoms in total. The van der Waals surface area contributed by atoms with Crippen LogP contribution in [0.4, 0.5) is 4.39 Å². The second-order valence-corrected chi connectivity index (χ2v) is 4.82. The highest BCUT2D eigenvalue weighted by atomic mass is 19.1. The monoisotopic (exact) mass is 283 g/mol. The fourth-order valence-corrected chi connectivity index (χ4v) is 2.30. The van der Waals surface area contributed by atoms with Gasteiger partial charge >= 0.3 is 0 Å². The standard InChI is InChI=1S/C16H14FN3O/c17-14-6-4-13(5-7-14)16(21,11-20-10-9-18-12-20)15-3-1-2-8-19-15/h1-10,12,21H,11H2. The number of pyridine rings is 1. The third kappa shape index (κ3) is 2.68. The van der Waals surface area contributed by atoms with Crippen LogP contribution < -0.4 is 0 Å². The van der Waals surface area contributed by atoms with Gasteiger partial charge in [0.15, 0.2) is 0 Å². The van der Waals surface area contributed by atoms with Crippen molar-refractivity contribution in [1.82, 2.24) is 14.5 Å². The number of imidazole rings is 1. The Balaban J connectivity index is 2.08. The van der Waals surface area contributed by atoms with Gasteiger partial charge in [-0.3, -0.25) is 4.98 Å². The maximum absolute atomic E-state index is 13.1. The van der Waals surface area contributed by atoms with Gasteiger partial charge in [0.1, 0.15) is 11.4 Å². The average Bonchev–Trinajstić information content (AvgIpc) is 3.01. The maximum Gasteiger partial charge on any atom is 0.149 e. The first-order valence-corrected chi connectivity index (χ1v) is 6.54. The van der Waals surface area contributed by atoms with E-state index in [0.717, 1.165) is 0 Å². The highest BCUT2D eigenvalue weighted by Crippen LogP contribution is 2.30. The highest BCUT2D eigenvalue weighted by Gasteiger charge is 2.33. The fraction of sp³-hybridized carbons (Fsp3) is 0.125. The molecule has 0 radical (unpaired) electrons. The summed E-state index contributed by atoms with van der Waals surface area (Å²) >= 11 is 0. The van der Waals surface area contributed by atoms with E-state index < -0.39 is 5.60 Å². The number of hydrogen-bond donors (Lipinski definition) is 1. The summed E-state index contributed by atoms with van der Waals surface area (Å²) in [5.74, 6) is -0.343. The summed E-state index contributed by atoms with van der Waals surface area (Å²) in [5.41, 5.74) is -0.267. The van der Waals surface area contributed by atoms with Crippen molar-refractivity contribution in [2.24, 2.45) is 0 Å². The minimum atomic E-state index is -1.35. The molecule has 1 N–H and O–H groups in total. The number of hydrogen-bond acceptors (Lipinski definition) is 3. The third-order valence-electron chi connectivity index (χ3n) is 3.38. The van der Waals surface area contributed by atoms with Gasteiger partial charge in [0.2, 0.25) is 0 Å². The molecular weight excluding hydrogens is 269 g/mol. The van der Waals surface area contributed by atoms with Crippen molar-refractivity contribution >= 4 is 0 Å². The van der Waals surface area contributed by atoms with Crippen LogP contribution in [0.25, 0.3) is 0 Å². The summed E-state index contributed by atoms with van der Waals surface area (Å²) < 4.78 is 14.9. The van der Waals surface area contributed by atoms with Crippen LogP contribution in [-0.4, -0.2) is 19.6 Å². The molecule has 3 aromatic rings. The van der Waals surface area contributed by atoms with Crippen LogP contribution in [0.5, 0.6) is 0 Å². The van der Waals surface area contributed by atoms with E-state index in [4.69, 9.17) is 0 Å². The van der Waals surface area contributed by atoms with E-state index in [0.29, 0.717) is 11.3 Å². The first-order valence-electron chi connectivity index (χ1n) is 6.54. The van der Waals surface area contributed by atoms with Crippen LogP contribution in [0, 0.1) is 5.82 Å². The van der Waals surface area contributed by atoms with Crippen LogP contribution >= 0.6 is 0 Å². The average molecular weight is 283 g/mol. The van der Waals surface area contributed by atoms with Crippen molar-refractivity contribution in [3.05, 3.63) is 84.5 Å². The van der Waals surface area contributed by atoms with Gasteiger partial charge in [-0.25, -0.2) is 9.37 Å². The summed E-state index contributed by atoms with van der Waals surface area (Å²) in [6.07, 6.45) is 6.65. The van der Waals surface area contributed by atoms with Gasteiger partial charge in [-0.2, -0.15) is 0 Å². The van der Waals surface area contributed by atoms with Gasteiger partial charge in [-0.1, -0.05) is 18.2 Å². The Hall–Kier alpha value is -2.53. The van der Waals surface area contributed by atoms with E-state index in [2.05, 4.69) is 9.97 Å². The van der Waals surface area contributed by atoms with Crippen LogP contribution in [0.15, 0.2) is 67.4 Å². The van der Waals surface area contributed by atoms with Crippen LogP contribution in [0.1, 0.15) is 11.3 Å². The molecule has 1 atom stereocenters. The topological polar surface area (TPSA) is 50.9 Å². The van der Waals surface area contributed by atoms with Gasteiger partial charge < -0.3 is 9.67 Å². The maximum atomic E-state index is 13.1. The van der Waals surface area contributed by atoms with Gasteiger partial charge in [0, 0.05) is 18.6 Å². The summed E-state index contributed by atoms with van der Waals surface area (Å²) in [4.78, 5) is 8.23. The molecule has 2 aromatic heterocycles. The number of nitrogens with zero attached hydrogens (tertiary/aromatic N) is 3. The Morgan fingerprint density at radius 3 is 2.52 bits per heavy atom. The van der Waals surface area contributed by atoms with Gasteiger partial charge in [0.25, 0.3) is 0 Å². The molecule has 0 amide bonds. The predicted molar refractivity (Wildman–Crippen MR) is 75.9 cm³/mol. The van der Waals surface area contributed by atoms with E-state index >= 15 is 0 Å². The number of aliphatic hydroxyl groups is 1. The molecule has 21 heavy (non-hydrogen) atoms. The Labute approximate surface area is 121 Å². The zero-order chi connectivity index (χ0) is 14.7. The van der Waals surface area contributed by atoms with E-state index in [-0.39, 0.29) is 12.4 Å². The first kappa shape index (κ1) is 13.5. The van der Waals surface area contributed by atoms with Crippen molar-refractivity contribution in [3.8, 4) is 0 Å². The van der Waals surface area contributed by atoms with Gasteiger partial charge in [0.05, 0.1) is 18.6 Å².